The van der Waals surface area contributed by atoms with E-state index >= 15 is 0 Å². The second-order valence-electron chi connectivity index (χ2n) is 6.07. The minimum Gasteiger partial charge on any atom is -0.493 e. The standard InChI is InChI=1S/C16H26NO3/c1-11(18)10-17(3)7-6-13-8-15(19-4)16(20-5)9-14(13)12(17)2/h8-9,11-12,18H,6-7,10H2,1-5H3/q+1/t11-,12-,17-/m0/s1. The fourth-order valence-electron chi connectivity index (χ4n) is 3.30. The van der Waals surface area contributed by atoms with E-state index in [4.69, 9.17) is 9.47 Å². The molecule has 1 aromatic rings. The van der Waals surface area contributed by atoms with Gasteiger partial charge in [-0.1, -0.05) is 0 Å². The maximum Gasteiger partial charge on any atom is 0.161 e. The van der Waals surface area contributed by atoms with Gasteiger partial charge in [0.2, 0.25) is 0 Å². The first kappa shape index (κ1) is 15.1. The van der Waals surface area contributed by atoms with E-state index in [0.717, 1.165) is 35.5 Å². The lowest BCUT2D eigenvalue weighted by atomic mass is 9.90. The molecule has 0 saturated heterocycles. The van der Waals surface area contributed by atoms with Gasteiger partial charge in [-0.3, -0.25) is 0 Å². The summed E-state index contributed by atoms with van der Waals surface area (Å²) >= 11 is 0. The molecule has 0 saturated carbocycles. The van der Waals surface area contributed by atoms with Crippen molar-refractivity contribution in [2.75, 3.05) is 34.4 Å². The zero-order valence-electron chi connectivity index (χ0n) is 13.1. The van der Waals surface area contributed by atoms with Crippen LogP contribution in [0.15, 0.2) is 12.1 Å². The van der Waals surface area contributed by atoms with Gasteiger partial charge in [-0.15, -0.1) is 0 Å². The molecule has 0 fully saturated rings. The van der Waals surface area contributed by atoms with Gasteiger partial charge in [0, 0.05) is 12.0 Å². The molecule has 4 nitrogen and oxygen atoms in total. The third kappa shape index (κ3) is 2.63. The third-order valence-electron chi connectivity index (χ3n) is 4.60. The SMILES string of the molecule is COc1cc2c(cc1OC)[C@H](C)[N@+](C)(C[C@H](C)O)CC2. The lowest BCUT2D eigenvalue weighted by molar-refractivity contribution is -0.942. The molecule has 1 aliphatic rings. The molecule has 0 aliphatic carbocycles. The predicted molar refractivity (Wildman–Crippen MR) is 79.3 cm³/mol. The van der Waals surface area contributed by atoms with E-state index in [2.05, 4.69) is 26.1 Å². The first-order valence-corrected chi connectivity index (χ1v) is 7.18. The lowest BCUT2D eigenvalue weighted by Gasteiger charge is -2.45. The van der Waals surface area contributed by atoms with Crippen LogP contribution in [0.3, 0.4) is 0 Å². The highest BCUT2D eigenvalue weighted by atomic mass is 16.5. The topological polar surface area (TPSA) is 38.7 Å². The lowest BCUT2D eigenvalue weighted by Crippen LogP contribution is -2.53. The van der Waals surface area contributed by atoms with Crippen molar-refractivity contribution in [3.63, 3.8) is 0 Å². The van der Waals surface area contributed by atoms with Crippen LogP contribution in [0, 0.1) is 0 Å². The number of hydrogen-bond donors (Lipinski definition) is 1. The second-order valence-corrected chi connectivity index (χ2v) is 6.07. The van der Waals surface area contributed by atoms with Crippen LogP contribution in [-0.4, -0.2) is 50.1 Å². The Kier molecular flexibility index (Phi) is 4.25. The van der Waals surface area contributed by atoms with Crippen molar-refractivity contribution >= 4 is 0 Å². The highest BCUT2D eigenvalue weighted by Crippen LogP contribution is 2.40. The van der Waals surface area contributed by atoms with E-state index in [1.165, 1.54) is 11.1 Å². The molecule has 1 aromatic carbocycles. The van der Waals surface area contributed by atoms with Crippen molar-refractivity contribution in [2.45, 2.75) is 32.4 Å². The fourth-order valence-corrected chi connectivity index (χ4v) is 3.30. The van der Waals surface area contributed by atoms with Crippen LogP contribution < -0.4 is 9.47 Å². The smallest absolute Gasteiger partial charge is 0.161 e. The number of ether oxygens (including phenoxy) is 2. The molecule has 1 N–H and O–H groups in total. The summed E-state index contributed by atoms with van der Waals surface area (Å²) in [4.78, 5) is 0. The van der Waals surface area contributed by atoms with Gasteiger partial charge in [-0.05, 0) is 31.5 Å². The fraction of sp³-hybridized carbons (Fsp3) is 0.625. The predicted octanol–water partition coefficient (Wildman–Crippen LogP) is 2.15. The zero-order valence-corrected chi connectivity index (χ0v) is 13.1. The zero-order chi connectivity index (χ0) is 14.9. The average molecular weight is 280 g/mol. The van der Waals surface area contributed by atoms with Crippen molar-refractivity contribution < 1.29 is 19.1 Å². The molecule has 0 spiro atoms. The average Bonchev–Trinajstić information content (AvgIpc) is 2.41. The first-order valence-electron chi connectivity index (χ1n) is 7.18. The van der Waals surface area contributed by atoms with Crippen LogP contribution in [0.4, 0.5) is 0 Å². The van der Waals surface area contributed by atoms with Crippen molar-refractivity contribution in [2.24, 2.45) is 0 Å². The van der Waals surface area contributed by atoms with E-state index in [9.17, 15) is 5.11 Å². The normalized spacial score (nSPS) is 26.8. The van der Waals surface area contributed by atoms with E-state index in [0.29, 0.717) is 6.04 Å². The number of aliphatic hydroxyl groups excluding tert-OH is 1. The van der Waals surface area contributed by atoms with Gasteiger partial charge in [-0.2, -0.15) is 0 Å². The second kappa shape index (κ2) is 5.62. The number of quaternary nitrogens is 1. The number of benzene rings is 1. The van der Waals surface area contributed by atoms with Crippen LogP contribution in [-0.2, 0) is 6.42 Å². The number of rotatable bonds is 4. The molecule has 4 heteroatoms. The van der Waals surface area contributed by atoms with E-state index in [1.54, 1.807) is 14.2 Å². The first-order chi connectivity index (χ1) is 9.41. The Morgan fingerprint density at radius 2 is 1.90 bits per heavy atom. The molecule has 0 radical (unpaired) electrons. The molecule has 1 heterocycles. The monoisotopic (exact) mass is 280 g/mol. The Hall–Kier alpha value is -1.26. The molecule has 20 heavy (non-hydrogen) atoms. The molecular weight excluding hydrogens is 254 g/mol. The molecule has 1 aliphatic heterocycles. The maximum atomic E-state index is 9.76. The van der Waals surface area contributed by atoms with Crippen molar-refractivity contribution in [1.29, 1.82) is 0 Å². The number of hydrogen-bond acceptors (Lipinski definition) is 3. The van der Waals surface area contributed by atoms with Gasteiger partial charge in [0.1, 0.15) is 18.7 Å². The minimum atomic E-state index is -0.288. The summed E-state index contributed by atoms with van der Waals surface area (Å²) < 4.78 is 11.7. The largest absolute Gasteiger partial charge is 0.493 e. The Morgan fingerprint density at radius 3 is 2.45 bits per heavy atom. The van der Waals surface area contributed by atoms with E-state index < -0.39 is 0 Å². The Balaban J connectivity index is 2.41. The summed E-state index contributed by atoms with van der Waals surface area (Å²) in [5.41, 5.74) is 2.63. The summed E-state index contributed by atoms with van der Waals surface area (Å²) in [7, 11) is 5.56. The van der Waals surface area contributed by atoms with Gasteiger partial charge in [0.05, 0.1) is 27.8 Å². The number of likely N-dealkylation sites (N-methyl/N-ethyl adjacent to an activating group) is 1. The van der Waals surface area contributed by atoms with Crippen LogP contribution in [0.2, 0.25) is 0 Å². The Bertz CT molecular complexity index is 487. The summed E-state index contributed by atoms with van der Waals surface area (Å²) in [5.74, 6) is 1.58. The van der Waals surface area contributed by atoms with Gasteiger partial charge in [0.25, 0.3) is 0 Å². The molecule has 2 rings (SSSR count). The molecular formula is C16H26NO3+. The molecule has 0 aromatic heterocycles. The number of aliphatic hydroxyl groups is 1. The highest BCUT2D eigenvalue weighted by Gasteiger charge is 2.37. The van der Waals surface area contributed by atoms with Crippen LogP contribution in [0.25, 0.3) is 0 Å². The van der Waals surface area contributed by atoms with Gasteiger partial charge in [-0.25, -0.2) is 0 Å². The molecule has 112 valence electrons. The molecule has 0 unspecified atom stereocenters. The Labute approximate surface area is 121 Å². The number of nitrogens with zero attached hydrogens (tertiary/aromatic N) is 1. The molecule has 3 atom stereocenters. The van der Waals surface area contributed by atoms with E-state index in [-0.39, 0.29) is 6.10 Å². The summed E-state index contributed by atoms with van der Waals surface area (Å²) in [6.07, 6.45) is 0.715. The third-order valence-corrected chi connectivity index (χ3v) is 4.60. The maximum absolute atomic E-state index is 9.76. The van der Waals surface area contributed by atoms with E-state index in [1.807, 2.05) is 6.92 Å². The summed E-state index contributed by atoms with van der Waals surface area (Å²) in [5, 5.41) is 9.76. The molecule has 0 bridgehead atoms. The van der Waals surface area contributed by atoms with Crippen LogP contribution in [0.1, 0.15) is 31.0 Å². The quantitative estimate of drug-likeness (QED) is 0.859. The highest BCUT2D eigenvalue weighted by molar-refractivity contribution is 5.48. The summed E-state index contributed by atoms with van der Waals surface area (Å²) in [6, 6.07) is 4.53. The minimum absolute atomic E-state index is 0.288. The van der Waals surface area contributed by atoms with Crippen LogP contribution in [0.5, 0.6) is 11.5 Å². The van der Waals surface area contributed by atoms with Crippen molar-refractivity contribution in [3.05, 3.63) is 23.3 Å². The van der Waals surface area contributed by atoms with Crippen molar-refractivity contribution in [1.82, 2.24) is 0 Å². The molecule has 0 amide bonds. The number of methoxy groups -OCH3 is 2. The van der Waals surface area contributed by atoms with Crippen molar-refractivity contribution in [3.8, 4) is 11.5 Å². The van der Waals surface area contributed by atoms with Crippen LogP contribution >= 0.6 is 0 Å². The van der Waals surface area contributed by atoms with Gasteiger partial charge >= 0.3 is 0 Å². The number of fused-ring (bicyclic) bond motifs is 1. The Morgan fingerprint density at radius 1 is 1.30 bits per heavy atom. The van der Waals surface area contributed by atoms with Gasteiger partial charge < -0.3 is 19.1 Å². The van der Waals surface area contributed by atoms with Gasteiger partial charge in [0.15, 0.2) is 11.5 Å². The summed E-state index contributed by atoms with van der Waals surface area (Å²) in [6.45, 7) is 5.90.